The maximum Gasteiger partial charge on any atom is 0.264 e. The van der Waals surface area contributed by atoms with E-state index in [0.29, 0.717) is 36.0 Å². The van der Waals surface area contributed by atoms with Gasteiger partial charge in [0, 0.05) is 12.8 Å². The quantitative estimate of drug-likeness (QED) is 0.441. The minimum atomic E-state index is -4.00. The first-order chi connectivity index (χ1) is 15.4. The van der Waals surface area contributed by atoms with Gasteiger partial charge in [-0.2, -0.15) is 8.42 Å². The van der Waals surface area contributed by atoms with Crippen LogP contribution >= 0.6 is 0 Å². The minimum Gasteiger partial charge on any atom is -0.393 e. The molecule has 0 aliphatic heterocycles. The highest BCUT2D eigenvalue weighted by Crippen LogP contribution is 2.67. The van der Waals surface area contributed by atoms with Crippen LogP contribution in [0.5, 0.6) is 0 Å². The molecular formula is C26H44O6S. The number of ketones is 1. The molecule has 1 unspecified atom stereocenters. The molecule has 7 heteroatoms. The van der Waals surface area contributed by atoms with E-state index < -0.39 is 10.1 Å². The number of carbonyl (C=O) groups excluding carboxylic acids is 1. The van der Waals surface area contributed by atoms with E-state index >= 15 is 0 Å². The Morgan fingerprint density at radius 3 is 2.39 bits per heavy atom. The lowest BCUT2D eigenvalue weighted by atomic mass is 9.44. The lowest BCUT2D eigenvalue weighted by molar-refractivity contribution is -0.171. The lowest BCUT2D eigenvalue weighted by Gasteiger charge is -2.62. The van der Waals surface area contributed by atoms with Gasteiger partial charge in [-0.25, -0.2) is 0 Å². The molecule has 0 amide bonds. The fourth-order valence-corrected chi connectivity index (χ4v) is 9.42. The SMILES string of the molecule is C[C@]12CC[C@@H](O)C[C@H]1CC[C@@H]1[C@@H]2C[C@H](O)[C@]2(C)C(CCCC(=O)CCCS(=O)(=O)O)CC[C@@H]12. The molecule has 0 bridgehead atoms. The number of hydrogen-bond acceptors (Lipinski definition) is 5. The molecule has 0 aromatic carbocycles. The molecule has 0 spiro atoms. The van der Waals surface area contributed by atoms with Crippen LogP contribution < -0.4 is 0 Å². The second-order valence-corrected chi connectivity index (χ2v) is 13.9. The molecule has 190 valence electrons. The van der Waals surface area contributed by atoms with Gasteiger partial charge in [0.2, 0.25) is 0 Å². The molecule has 4 aliphatic carbocycles. The highest BCUT2D eigenvalue weighted by Gasteiger charge is 2.62. The molecule has 0 saturated heterocycles. The molecule has 0 radical (unpaired) electrons. The predicted octanol–water partition coefficient (Wildman–Crippen LogP) is 4.38. The number of aliphatic hydroxyl groups is 2. The second kappa shape index (κ2) is 9.51. The zero-order valence-electron chi connectivity index (χ0n) is 20.4. The van der Waals surface area contributed by atoms with E-state index in [1.165, 1.54) is 19.3 Å². The standard InChI is InChI=1S/C26H44O6S/c1-25-13-12-20(28)15-18(25)8-10-21-22-11-9-17(26(22,2)24(29)16-23(21)25)5-3-6-19(27)7-4-14-33(30,31)32/h17-18,20-24,28-29H,3-16H2,1-2H3,(H,30,31,32)/t17?,18-,20-,21+,22+,23+,24+,25+,26-/m1/s1. The number of carbonyl (C=O) groups is 1. The van der Waals surface area contributed by atoms with Crippen LogP contribution in [0.2, 0.25) is 0 Å². The van der Waals surface area contributed by atoms with E-state index in [1.54, 1.807) is 0 Å². The summed E-state index contributed by atoms with van der Waals surface area (Å²) in [4.78, 5) is 12.2. The highest BCUT2D eigenvalue weighted by atomic mass is 32.2. The Bertz CT molecular complexity index is 827. The van der Waals surface area contributed by atoms with E-state index in [0.717, 1.165) is 44.9 Å². The number of rotatable bonds is 8. The van der Waals surface area contributed by atoms with E-state index in [2.05, 4.69) is 13.8 Å². The summed E-state index contributed by atoms with van der Waals surface area (Å²) < 4.78 is 30.5. The van der Waals surface area contributed by atoms with Gasteiger partial charge in [-0.05, 0) is 111 Å². The summed E-state index contributed by atoms with van der Waals surface area (Å²) in [7, 11) is -4.00. The summed E-state index contributed by atoms with van der Waals surface area (Å²) in [5.74, 6) is 2.50. The van der Waals surface area contributed by atoms with Crippen LogP contribution in [0, 0.1) is 40.4 Å². The van der Waals surface area contributed by atoms with Gasteiger partial charge >= 0.3 is 0 Å². The van der Waals surface area contributed by atoms with Crippen LogP contribution in [0.25, 0.3) is 0 Å². The summed E-state index contributed by atoms with van der Waals surface area (Å²) in [6.45, 7) is 4.75. The van der Waals surface area contributed by atoms with Gasteiger partial charge in [-0.1, -0.05) is 13.8 Å². The number of Topliss-reactive ketones (excluding diaryl/α,β-unsaturated/α-hetero) is 1. The largest absolute Gasteiger partial charge is 0.393 e. The summed E-state index contributed by atoms with van der Waals surface area (Å²) in [6.07, 6.45) is 10.6. The van der Waals surface area contributed by atoms with Crippen molar-refractivity contribution >= 4 is 15.9 Å². The van der Waals surface area contributed by atoms with Crippen molar-refractivity contribution in [1.82, 2.24) is 0 Å². The van der Waals surface area contributed by atoms with Gasteiger partial charge in [-0.15, -0.1) is 0 Å². The third kappa shape index (κ3) is 4.94. The van der Waals surface area contributed by atoms with Gasteiger partial charge in [0.05, 0.1) is 18.0 Å². The van der Waals surface area contributed by atoms with Gasteiger partial charge in [-0.3, -0.25) is 9.35 Å². The first kappa shape index (κ1) is 25.6. The molecule has 9 atom stereocenters. The third-order valence-electron chi connectivity index (χ3n) is 10.8. The van der Waals surface area contributed by atoms with Crippen molar-refractivity contribution in [2.24, 2.45) is 40.4 Å². The van der Waals surface area contributed by atoms with Crippen molar-refractivity contribution in [2.75, 3.05) is 5.75 Å². The topological polar surface area (TPSA) is 112 Å². The minimum absolute atomic E-state index is 0.0633. The smallest absolute Gasteiger partial charge is 0.264 e. The van der Waals surface area contributed by atoms with Crippen LogP contribution in [-0.2, 0) is 14.9 Å². The summed E-state index contributed by atoms with van der Waals surface area (Å²) in [6, 6.07) is 0. The molecule has 4 rings (SSSR count). The average molecular weight is 485 g/mol. The van der Waals surface area contributed by atoms with Crippen molar-refractivity contribution in [1.29, 1.82) is 0 Å². The third-order valence-corrected chi connectivity index (χ3v) is 11.6. The predicted molar refractivity (Wildman–Crippen MR) is 127 cm³/mol. The van der Waals surface area contributed by atoms with Crippen molar-refractivity contribution in [3.8, 4) is 0 Å². The van der Waals surface area contributed by atoms with Crippen molar-refractivity contribution in [3.05, 3.63) is 0 Å². The van der Waals surface area contributed by atoms with E-state index in [-0.39, 0.29) is 47.4 Å². The van der Waals surface area contributed by atoms with Crippen LogP contribution in [0.15, 0.2) is 0 Å². The summed E-state index contributed by atoms with van der Waals surface area (Å²) in [5, 5.41) is 21.7. The highest BCUT2D eigenvalue weighted by molar-refractivity contribution is 7.85. The Labute approximate surface area is 199 Å². The Balaban J connectivity index is 1.35. The molecule has 3 N–H and O–H groups in total. The van der Waals surface area contributed by atoms with Gasteiger partial charge < -0.3 is 10.2 Å². The van der Waals surface area contributed by atoms with E-state index in [9.17, 15) is 23.4 Å². The fourth-order valence-electron chi connectivity index (χ4n) is 8.91. The maximum absolute atomic E-state index is 12.2. The molecule has 33 heavy (non-hydrogen) atoms. The molecule has 6 nitrogen and oxygen atoms in total. The summed E-state index contributed by atoms with van der Waals surface area (Å²) >= 11 is 0. The zero-order chi connectivity index (χ0) is 24.0. The number of aliphatic hydroxyl groups excluding tert-OH is 2. The first-order valence-corrected chi connectivity index (χ1v) is 14.9. The molecule has 4 aliphatic rings. The van der Waals surface area contributed by atoms with Gasteiger partial charge in [0.25, 0.3) is 10.1 Å². The zero-order valence-corrected chi connectivity index (χ0v) is 21.2. The molecule has 0 heterocycles. The monoisotopic (exact) mass is 484 g/mol. The first-order valence-electron chi connectivity index (χ1n) is 13.3. The normalized spacial score (nSPS) is 45.2. The van der Waals surface area contributed by atoms with Gasteiger partial charge in [0.1, 0.15) is 5.78 Å². The van der Waals surface area contributed by atoms with Crippen LogP contribution in [0.4, 0.5) is 0 Å². The molecule has 0 aromatic rings. The summed E-state index contributed by atoms with van der Waals surface area (Å²) in [5.41, 5.74) is 0.170. The van der Waals surface area contributed by atoms with Crippen molar-refractivity contribution in [2.45, 2.75) is 110 Å². The number of fused-ring (bicyclic) bond motifs is 5. The molecule has 4 saturated carbocycles. The van der Waals surface area contributed by atoms with Crippen LogP contribution in [0.1, 0.15) is 97.3 Å². The van der Waals surface area contributed by atoms with Crippen molar-refractivity contribution in [3.63, 3.8) is 0 Å². The molecular weight excluding hydrogens is 440 g/mol. The average Bonchev–Trinajstić information content (AvgIpc) is 3.06. The molecule has 0 aromatic heterocycles. The Morgan fingerprint density at radius 2 is 1.67 bits per heavy atom. The van der Waals surface area contributed by atoms with Crippen molar-refractivity contribution < 1.29 is 28.0 Å². The Hall–Kier alpha value is -0.500. The van der Waals surface area contributed by atoms with E-state index in [4.69, 9.17) is 4.55 Å². The number of hydrogen-bond donors (Lipinski definition) is 3. The Morgan fingerprint density at radius 1 is 0.939 bits per heavy atom. The van der Waals surface area contributed by atoms with Gasteiger partial charge in [0.15, 0.2) is 0 Å². The fraction of sp³-hybridized carbons (Fsp3) is 0.962. The molecule has 4 fully saturated rings. The maximum atomic E-state index is 12.2. The van der Waals surface area contributed by atoms with Crippen LogP contribution in [-0.4, -0.2) is 46.9 Å². The van der Waals surface area contributed by atoms with E-state index in [1.807, 2.05) is 0 Å². The van der Waals surface area contributed by atoms with Crippen LogP contribution in [0.3, 0.4) is 0 Å². The Kier molecular flexibility index (Phi) is 7.38. The lowest BCUT2D eigenvalue weighted by Crippen LogP contribution is -2.58. The second-order valence-electron chi connectivity index (χ2n) is 12.3.